The van der Waals surface area contributed by atoms with E-state index in [1.807, 2.05) is 65.6 Å². The number of furan rings is 1. The number of ether oxygens (including phenoxy) is 1. The van der Waals surface area contributed by atoms with Gasteiger partial charge in [-0.3, -0.25) is 9.59 Å². The summed E-state index contributed by atoms with van der Waals surface area (Å²) in [5.41, 5.74) is 2.73. The third-order valence-electron chi connectivity index (χ3n) is 5.19. The lowest BCUT2D eigenvalue weighted by Gasteiger charge is -2.23. The van der Waals surface area contributed by atoms with Crippen molar-refractivity contribution in [2.24, 2.45) is 0 Å². The summed E-state index contributed by atoms with van der Waals surface area (Å²) in [5.74, 6) is 2.00. The molecule has 7 heteroatoms. The average molecular weight is 437 g/mol. The fourth-order valence-electron chi connectivity index (χ4n) is 3.49. The molecule has 3 aromatic rings. The van der Waals surface area contributed by atoms with Gasteiger partial charge in [0.05, 0.1) is 25.7 Å². The van der Waals surface area contributed by atoms with Crippen molar-refractivity contribution in [3.63, 3.8) is 0 Å². The minimum Gasteiger partial charge on any atom is -0.497 e. The number of thioether (sulfide) groups is 1. The van der Waals surface area contributed by atoms with Crippen molar-refractivity contribution in [2.75, 3.05) is 19.4 Å². The van der Waals surface area contributed by atoms with Gasteiger partial charge in [-0.2, -0.15) is 0 Å². The molecule has 1 aromatic heterocycles. The first kappa shape index (κ1) is 21.1. The molecule has 160 valence electrons. The highest BCUT2D eigenvalue weighted by atomic mass is 32.2. The lowest BCUT2D eigenvalue weighted by Crippen LogP contribution is -2.28. The molecule has 31 heavy (non-hydrogen) atoms. The van der Waals surface area contributed by atoms with Crippen molar-refractivity contribution in [1.82, 2.24) is 10.2 Å². The fraction of sp³-hybridized carbons (Fsp3) is 0.250. The van der Waals surface area contributed by atoms with Gasteiger partial charge in [0.1, 0.15) is 16.9 Å². The lowest BCUT2D eigenvalue weighted by atomic mass is 10.1. The molecule has 1 fully saturated rings. The van der Waals surface area contributed by atoms with Crippen molar-refractivity contribution in [1.29, 1.82) is 0 Å². The van der Waals surface area contributed by atoms with Crippen LogP contribution in [0.15, 0.2) is 71.3 Å². The fourth-order valence-corrected chi connectivity index (χ4v) is 4.67. The summed E-state index contributed by atoms with van der Waals surface area (Å²) in [6.07, 6.45) is 2.36. The number of rotatable bonds is 8. The molecule has 1 N–H and O–H groups in total. The van der Waals surface area contributed by atoms with E-state index in [0.717, 1.165) is 29.1 Å². The Morgan fingerprint density at radius 1 is 1.16 bits per heavy atom. The van der Waals surface area contributed by atoms with E-state index in [4.69, 9.17) is 9.15 Å². The number of carbonyl (C=O) groups excluding carboxylic acids is 2. The van der Waals surface area contributed by atoms with Crippen molar-refractivity contribution in [3.8, 4) is 5.75 Å². The van der Waals surface area contributed by atoms with Gasteiger partial charge in [-0.05, 0) is 53.9 Å². The van der Waals surface area contributed by atoms with Crippen molar-refractivity contribution < 1.29 is 18.7 Å². The Labute approximate surface area is 185 Å². The maximum atomic E-state index is 12.5. The maximum absolute atomic E-state index is 12.5. The molecule has 1 aliphatic heterocycles. The van der Waals surface area contributed by atoms with Gasteiger partial charge in [0.25, 0.3) is 5.91 Å². The third-order valence-corrected chi connectivity index (χ3v) is 6.45. The third kappa shape index (κ3) is 5.11. The van der Waals surface area contributed by atoms with Crippen LogP contribution in [0.4, 0.5) is 0 Å². The molecule has 2 heterocycles. The Bertz CT molecular complexity index is 1020. The quantitative estimate of drug-likeness (QED) is 0.577. The molecule has 0 bridgehead atoms. The van der Waals surface area contributed by atoms with Crippen LogP contribution in [0.1, 0.15) is 32.6 Å². The van der Waals surface area contributed by atoms with Crippen LogP contribution in [0, 0.1) is 0 Å². The molecule has 2 aromatic carbocycles. The summed E-state index contributed by atoms with van der Waals surface area (Å²) in [6, 6.07) is 19.0. The van der Waals surface area contributed by atoms with E-state index in [9.17, 15) is 9.59 Å². The smallest absolute Gasteiger partial charge is 0.251 e. The van der Waals surface area contributed by atoms with Crippen LogP contribution >= 0.6 is 11.8 Å². The first-order chi connectivity index (χ1) is 15.1. The summed E-state index contributed by atoms with van der Waals surface area (Å²) in [5, 5.41) is 2.88. The van der Waals surface area contributed by atoms with E-state index in [1.165, 1.54) is 0 Å². The number of carbonyl (C=O) groups is 2. The highest BCUT2D eigenvalue weighted by Crippen LogP contribution is 2.39. The topological polar surface area (TPSA) is 71.8 Å². The Balaban J connectivity index is 1.33. The Kier molecular flexibility index (Phi) is 6.62. The number of nitrogens with zero attached hydrogens (tertiary/aromatic N) is 1. The largest absolute Gasteiger partial charge is 0.497 e. The second kappa shape index (κ2) is 9.75. The second-order valence-electron chi connectivity index (χ2n) is 7.24. The zero-order chi connectivity index (χ0) is 21.6. The van der Waals surface area contributed by atoms with Gasteiger partial charge in [0, 0.05) is 12.1 Å². The number of methoxy groups -OCH3 is 1. The maximum Gasteiger partial charge on any atom is 0.251 e. The summed E-state index contributed by atoms with van der Waals surface area (Å²) in [6.45, 7) is 0.994. The first-order valence-corrected chi connectivity index (χ1v) is 11.1. The number of benzene rings is 2. The predicted octanol–water partition coefficient (Wildman–Crippen LogP) is 4.03. The van der Waals surface area contributed by atoms with Crippen LogP contribution in [-0.4, -0.2) is 36.1 Å². The molecule has 0 spiro atoms. The van der Waals surface area contributed by atoms with E-state index in [0.29, 0.717) is 24.4 Å². The average Bonchev–Trinajstić information content (AvgIpc) is 3.45. The minimum absolute atomic E-state index is 0.0789. The van der Waals surface area contributed by atoms with Gasteiger partial charge in [-0.25, -0.2) is 0 Å². The zero-order valence-electron chi connectivity index (χ0n) is 17.2. The van der Waals surface area contributed by atoms with E-state index < -0.39 is 0 Å². The van der Waals surface area contributed by atoms with Gasteiger partial charge in [0.2, 0.25) is 5.91 Å². The second-order valence-corrected chi connectivity index (χ2v) is 8.31. The van der Waals surface area contributed by atoms with Gasteiger partial charge in [-0.1, -0.05) is 24.3 Å². The number of amides is 2. The molecule has 6 nitrogen and oxygen atoms in total. The van der Waals surface area contributed by atoms with E-state index in [-0.39, 0.29) is 17.2 Å². The van der Waals surface area contributed by atoms with E-state index in [1.54, 1.807) is 25.1 Å². The molecule has 1 atom stereocenters. The Morgan fingerprint density at radius 2 is 1.94 bits per heavy atom. The molecular formula is C24H24N2O4S. The number of hydrogen-bond donors (Lipinski definition) is 1. The van der Waals surface area contributed by atoms with Gasteiger partial charge >= 0.3 is 0 Å². The van der Waals surface area contributed by atoms with E-state index in [2.05, 4.69) is 5.32 Å². The summed E-state index contributed by atoms with van der Waals surface area (Å²) in [7, 11) is 1.64. The Morgan fingerprint density at radius 3 is 2.61 bits per heavy atom. The van der Waals surface area contributed by atoms with Crippen molar-refractivity contribution in [3.05, 3.63) is 89.4 Å². The van der Waals surface area contributed by atoms with Crippen LogP contribution in [-0.2, 0) is 17.8 Å². The minimum atomic E-state index is -0.109. The highest BCUT2D eigenvalue weighted by Gasteiger charge is 2.33. The number of nitrogens with one attached hydrogen (secondary N) is 1. The highest BCUT2D eigenvalue weighted by molar-refractivity contribution is 8.00. The summed E-state index contributed by atoms with van der Waals surface area (Å²) in [4.78, 5) is 26.6. The summed E-state index contributed by atoms with van der Waals surface area (Å²) >= 11 is 1.59. The van der Waals surface area contributed by atoms with Gasteiger partial charge in [-0.15, -0.1) is 11.8 Å². The first-order valence-electron chi connectivity index (χ1n) is 10.1. The molecule has 0 unspecified atom stereocenters. The summed E-state index contributed by atoms with van der Waals surface area (Å²) < 4.78 is 10.6. The molecule has 0 aliphatic carbocycles. The van der Waals surface area contributed by atoms with Crippen LogP contribution in [0.3, 0.4) is 0 Å². The van der Waals surface area contributed by atoms with Crippen LogP contribution in [0.5, 0.6) is 5.75 Å². The van der Waals surface area contributed by atoms with Gasteiger partial charge < -0.3 is 19.4 Å². The zero-order valence-corrected chi connectivity index (χ0v) is 18.1. The monoisotopic (exact) mass is 436 g/mol. The standard InChI is InChI=1S/C24H24N2O4S/c1-29-20-10-4-17(5-11-20)12-13-25-23(28)18-6-8-19(9-7-18)24-26(22(27)16-31-24)15-21-3-2-14-30-21/h2-11,14,24H,12-13,15-16H2,1H3,(H,25,28)/t24-/m1/s1. The predicted molar refractivity (Wildman–Crippen MR) is 120 cm³/mol. The van der Waals surface area contributed by atoms with Crippen LogP contribution in [0.2, 0.25) is 0 Å². The SMILES string of the molecule is COc1ccc(CCNC(=O)c2ccc([C@H]3SCC(=O)N3Cc3ccco3)cc2)cc1. The van der Waals surface area contributed by atoms with E-state index >= 15 is 0 Å². The lowest BCUT2D eigenvalue weighted by molar-refractivity contribution is -0.128. The van der Waals surface area contributed by atoms with Crippen LogP contribution in [0.25, 0.3) is 0 Å². The molecule has 0 radical (unpaired) electrons. The Hall–Kier alpha value is -3.19. The number of hydrogen-bond acceptors (Lipinski definition) is 5. The molecular weight excluding hydrogens is 412 g/mol. The molecule has 1 aliphatic rings. The van der Waals surface area contributed by atoms with Crippen molar-refractivity contribution >= 4 is 23.6 Å². The molecule has 2 amide bonds. The van der Waals surface area contributed by atoms with Crippen molar-refractivity contribution in [2.45, 2.75) is 18.3 Å². The van der Waals surface area contributed by atoms with Crippen LogP contribution < -0.4 is 10.1 Å². The van der Waals surface area contributed by atoms with Gasteiger partial charge in [0.15, 0.2) is 0 Å². The normalized spacial score (nSPS) is 15.8. The molecule has 4 rings (SSSR count). The molecule has 1 saturated heterocycles. The molecule has 0 saturated carbocycles.